The van der Waals surface area contributed by atoms with Gasteiger partial charge >= 0.3 is 0 Å². The number of nitrogens with one attached hydrogen (secondary N) is 1. The minimum atomic E-state index is -3.55. The first-order valence-corrected chi connectivity index (χ1v) is 8.37. The third kappa shape index (κ3) is 2.29. The highest BCUT2D eigenvalue weighted by atomic mass is 32.2. The zero-order valence-electron chi connectivity index (χ0n) is 10.5. The fraction of sp³-hybridized carbons (Fsp3) is 0.700. The summed E-state index contributed by atoms with van der Waals surface area (Å²) < 4.78 is 26.4. The third-order valence-electron chi connectivity index (χ3n) is 3.28. The molecule has 1 fully saturated rings. The Balaban J connectivity index is 2.35. The Bertz CT molecular complexity index is 520. The van der Waals surface area contributed by atoms with Crippen molar-refractivity contribution in [1.29, 1.82) is 0 Å². The monoisotopic (exact) mass is 290 g/mol. The summed E-state index contributed by atoms with van der Waals surface area (Å²) in [6, 6.07) is 0.0580. The summed E-state index contributed by atoms with van der Waals surface area (Å²) >= 11 is 1.78. The van der Waals surface area contributed by atoms with E-state index in [-0.39, 0.29) is 17.6 Å². The highest BCUT2D eigenvalue weighted by Crippen LogP contribution is 2.27. The number of thioether (sulfide) groups is 1. The number of hydrogen-bond acceptors (Lipinski definition) is 5. The van der Waals surface area contributed by atoms with Gasteiger partial charge in [-0.05, 0) is 19.1 Å². The summed E-state index contributed by atoms with van der Waals surface area (Å²) in [6.07, 6.45) is 0.891. The molecule has 102 valence electrons. The van der Waals surface area contributed by atoms with E-state index < -0.39 is 10.0 Å². The maximum Gasteiger partial charge on any atom is 0.262 e. The van der Waals surface area contributed by atoms with Crippen LogP contribution in [0.1, 0.15) is 17.7 Å². The predicted molar refractivity (Wildman–Crippen MR) is 71.9 cm³/mol. The molecule has 8 heteroatoms. The molecule has 1 aromatic heterocycles. The smallest absolute Gasteiger partial charge is 0.262 e. The van der Waals surface area contributed by atoms with Gasteiger partial charge in [0.15, 0.2) is 5.03 Å². The molecule has 0 amide bonds. The third-order valence-corrected chi connectivity index (χ3v) is 6.31. The Hall–Kier alpha value is -0.570. The van der Waals surface area contributed by atoms with Gasteiger partial charge in [0.25, 0.3) is 10.0 Å². The Morgan fingerprint density at radius 1 is 1.61 bits per heavy atom. The Morgan fingerprint density at radius 2 is 2.33 bits per heavy atom. The lowest BCUT2D eigenvalue weighted by Crippen LogP contribution is -2.37. The molecule has 0 saturated carbocycles. The van der Waals surface area contributed by atoms with Gasteiger partial charge in [-0.1, -0.05) is 0 Å². The number of nitrogens with zero attached hydrogens (tertiary/aromatic N) is 2. The molecule has 1 aliphatic heterocycles. The summed E-state index contributed by atoms with van der Waals surface area (Å²) in [5, 5.41) is 6.68. The van der Waals surface area contributed by atoms with Crippen molar-refractivity contribution in [3.8, 4) is 0 Å². The van der Waals surface area contributed by atoms with E-state index in [4.69, 9.17) is 5.73 Å². The van der Waals surface area contributed by atoms with E-state index in [2.05, 4.69) is 10.2 Å². The molecule has 1 aliphatic rings. The van der Waals surface area contributed by atoms with Gasteiger partial charge in [-0.3, -0.25) is 5.10 Å². The van der Waals surface area contributed by atoms with Crippen molar-refractivity contribution < 1.29 is 8.42 Å². The Labute approximate surface area is 111 Å². The SMILES string of the molecule is Cc1[nH]nc(S(=O)(=O)N(C)C2CCSC2)c1CN. The van der Waals surface area contributed by atoms with E-state index in [0.717, 1.165) is 17.9 Å². The first kappa shape index (κ1) is 13.9. The molecule has 1 aromatic rings. The molecule has 3 N–H and O–H groups in total. The minimum absolute atomic E-state index is 0.0580. The lowest BCUT2D eigenvalue weighted by molar-refractivity contribution is 0.392. The van der Waals surface area contributed by atoms with Crippen LogP contribution in [0.2, 0.25) is 0 Å². The average Bonchev–Trinajstić information content (AvgIpc) is 2.96. The molecule has 0 radical (unpaired) electrons. The molecule has 2 rings (SSSR count). The van der Waals surface area contributed by atoms with E-state index in [1.165, 1.54) is 4.31 Å². The van der Waals surface area contributed by atoms with Crippen LogP contribution in [-0.2, 0) is 16.6 Å². The van der Waals surface area contributed by atoms with Gasteiger partial charge in [-0.2, -0.15) is 21.2 Å². The quantitative estimate of drug-likeness (QED) is 0.832. The lowest BCUT2D eigenvalue weighted by Gasteiger charge is -2.22. The second-order valence-electron chi connectivity index (χ2n) is 4.38. The first-order valence-electron chi connectivity index (χ1n) is 5.78. The second-order valence-corrected chi connectivity index (χ2v) is 7.44. The van der Waals surface area contributed by atoms with Crippen molar-refractivity contribution in [1.82, 2.24) is 14.5 Å². The predicted octanol–water partition coefficient (Wildman–Crippen LogP) is 0.303. The summed E-state index contributed by atoms with van der Waals surface area (Å²) in [5.74, 6) is 1.85. The molecule has 1 atom stereocenters. The molecule has 0 aliphatic carbocycles. The van der Waals surface area contributed by atoms with Crippen LogP contribution >= 0.6 is 11.8 Å². The maximum atomic E-state index is 12.5. The number of hydrogen-bond donors (Lipinski definition) is 2. The van der Waals surface area contributed by atoms with Gasteiger partial charge in [-0.25, -0.2) is 8.42 Å². The van der Waals surface area contributed by atoms with Crippen LogP contribution in [0.15, 0.2) is 5.03 Å². The van der Waals surface area contributed by atoms with Crippen LogP contribution in [0.5, 0.6) is 0 Å². The lowest BCUT2D eigenvalue weighted by atomic mass is 10.3. The van der Waals surface area contributed by atoms with E-state index in [1.807, 2.05) is 0 Å². The van der Waals surface area contributed by atoms with Crippen molar-refractivity contribution in [3.63, 3.8) is 0 Å². The van der Waals surface area contributed by atoms with Crippen molar-refractivity contribution in [2.75, 3.05) is 18.6 Å². The minimum Gasteiger partial charge on any atom is -0.326 e. The molecule has 6 nitrogen and oxygen atoms in total. The van der Waals surface area contributed by atoms with Crippen LogP contribution in [0.3, 0.4) is 0 Å². The van der Waals surface area contributed by atoms with Gasteiger partial charge in [-0.15, -0.1) is 0 Å². The fourth-order valence-electron chi connectivity index (χ4n) is 2.03. The summed E-state index contributed by atoms with van der Waals surface area (Å²) in [4.78, 5) is 0. The van der Waals surface area contributed by atoms with Gasteiger partial charge in [0, 0.05) is 36.6 Å². The number of rotatable bonds is 4. The number of aromatic nitrogens is 2. The molecule has 1 saturated heterocycles. The summed E-state index contributed by atoms with van der Waals surface area (Å²) in [6.45, 7) is 1.95. The second kappa shape index (κ2) is 5.20. The van der Waals surface area contributed by atoms with Crippen molar-refractivity contribution in [3.05, 3.63) is 11.3 Å². The number of aryl methyl sites for hydroxylation is 1. The maximum absolute atomic E-state index is 12.5. The van der Waals surface area contributed by atoms with Gasteiger partial charge in [0.2, 0.25) is 0 Å². The zero-order chi connectivity index (χ0) is 13.3. The van der Waals surface area contributed by atoms with Crippen LogP contribution in [0, 0.1) is 6.92 Å². The normalized spacial score (nSPS) is 20.8. The number of sulfonamides is 1. The summed E-state index contributed by atoms with van der Waals surface area (Å²) in [5.41, 5.74) is 6.89. The van der Waals surface area contributed by atoms with E-state index in [1.54, 1.807) is 25.7 Å². The Morgan fingerprint density at radius 3 is 2.89 bits per heavy atom. The van der Waals surface area contributed by atoms with Gasteiger partial charge in [0.05, 0.1) is 0 Å². The molecule has 0 aromatic carbocycles. The highest BCUT2D eigenvalue weighted by Gasteiger charge is 2.33. The standard InChI is InChI=1S/C10H18N4O2S2/c1-7-9(5-11)10(13-12-7)18(15,16)14(2)8-3-4-17-6-8/h8H,3-6,11H2,1-2H3,(H,12,13). The van der Waals surface area contributed by atoms with Crippen LogP contribution < -0.4 is 5.73 Å². The fourth-order valence-corrected chi connectivity index (χ4v) is 4.94. The van der Waals surface area contributed by atoms with Crippen LogP contribution in [-0.4, -0.2) is 47.5 Å². The molecule has 18 heavy (non-hydrogen) atoms. The van der Waals surface area contributed by atoms with E-state index >= 15 is 0 Å². The zero-order valence-corrected chi connectivity index (χ0v) is 12.1. The summed E-state index contributed by atoms with van der Waals surface area (Å²) in [7, 11) is -1.93. The first-order chi connectivity index (χ1) is 8.48. The van der Waals surface area contributed by atoms with E-state index in [0.29, 0.717) is 11.3 Å². The number of nitrogens with two attached hydrogens (primary N) is 1. The molecular formula is C10H18N4O2S2. The van der Waals surface area contributed by atoms with Crippen LogP contribution in [0.4, 0.5) is 0 Å². The molecule has 2 heterocycles. The number of aromatic amines is 1. The van der Waals surface area contributed by atoms with Crippen molar-refractivity contribution >= 4 is 21.8 Å². The molecule has 1 unspecified atom stereocenters. The van der Waals surface area contributed by atoms with E-state index in [9.17, 15) is 8.42 Å². The Kier molecular flexibility index (Phi) is 4.00. The van der Waals surface area contributed by atoms with Gasteiger partial charge in [0.1, 0.15) is 0 Å². The van der Waals surface area contributed by atoms with Crippen LogP contribution in [0.25, 0.3) is 0 Å². The molecular weight excluding hydrogens is 272 g/mol. The van der Waals surface area contributed by atoms with Crippen molar-refractivity contribution in [2.45, 2.75) is 31.0 Å². The topological polar surface area (TPSA) is 92.1 Å². The largest absolute Gasteiger partial charge is 0.326 e. The van der Waals surface area contributed by atoms with Gasteiger partial charge < -0.3 is 5.73 Å². The van der Waals surface area contributed by atoms with Crippen molar-refractivity contribution in [2.24, 2.45) is 5.73 Å². The molecule has 0 spiro atoms. The number of H-pyrrole nitrogens is 1. The molecule has 0 bridgehead atoms. The average molecular weight is 290 g/mol. The highest BCUT2D eigenvalue weighted by molar-refractivity contribution is 7.99.